The fourth-order valence-electron chi connectivity index (χ4n) is 2.08. The number of carbonyl (C=O) groups is 1. The molecule has 0 spiro atoms. The third-order valence-corrected chi connectivity index (χ3v) is 3.43. The number of ketones is 1. The maximum Gasteiger partial charge on any atom is 0.161 e. The summed E-state index contributed by atoms with van der Waals surface area (Å²) in [6.45, 7) is 2.22. The normalized spacial score (nSPS) is 17.4. The van der Waals surface area contributed by atoms with Gasteiger partial charge in [-0.05, 0) is 25.2 Å². The lowest BCUT2D eigenvalue weighted by atomic mass is 10.0. The summed E-state index contributed by atoms with van der Waals surface area (Å²) in [4.78, 5) is 11.5. The summed E-state index contributed by atoms with van der Waals surface area (Å²) in [7, 11) is 0. The van der Waals surface area contributed by atoms with Crippen LogP contribution in [-0.4, -0.2) is 17.0 Å². The number of Topliss-reactive ketones (excluding diaryl/α,β-unsaturated/α-hetero) is 1. The molecule has 0 aliphatic heterocycles. The molecule has 0 aromatic carbocycles. The first kappa shape index (κ1) is 13.7. The van der Waals surface area contributed by atoms with Gasteiger partial charge < -0.3 is 5.11 Å². The molecule has 1 fully saturated rings. The Kier molecular flexibility index (Phi) is 6.70. The maximum atomic E-state index is 11.5. The highest BCUT2D eigenvalue weighted by atomic mass is 16.3. The zero-order valence-electron chi connectivity index (χ0n) is 10.6. The van der Waals surface area contributed by atoms with Crippen LogP contribution in [0.3, 0.4) is 0 Å². The van der Waals surface area contributed by atoms with Crippen LogP contribution in [0.5, 0.6) is 0 Å². The van der Waals surface area contributed by atoms with Crippen molar-refractivity contribution in [1.82, 2.24) is 0 Å². The lowest BCUT2D eigenvalue weighted by molar-refractivity contribution is -0.128. The lowest BCUT2D eigenvalue weighted by Crippen LogP contribution is -2.22. The Hall–Kier alpha value is -0.370. The Bertz CT molecular complexity index is 197. The molecule has 1 unspecified atom stereocenters. The van der Waals surface area contributed by atoms with Crippen molar-refractivity contribution in [3.8, 4) is 0 Å². The molecule has 1 N–H and O–H groups in total. The first-order valence-corrected chi connectivity index (χ1v) is 6.96. The Morgan fingerprint density at radius 2 is 1.69 bits per heavy atom. The van der Waals surface area contributed by atoms with E-state index in [0.29, 0.717) is 12.3 Å². The second kappa shape index (κ2) is 7.83. The summed E-state index contributed by atoms with van der Waals surface area (Å²) >= 11 is 0. The van der Waals surface area contributed by atoms with Crippen LogP contribution in [0.1, 0.15) is 71.1 Å². The van der Waals surface area contributed by atoms with Crippen LogP contribution in [0.15, 0.2) is 0 Å². The van der Waals surface area contributed by atoms with Crippen molar-refractivity contribution in [3.63, 3.8) is 0 Å². The summed E-state index contributed by atoms with van der Waals surface area (Å²) < 4.78 is 0. The van der Waals surface area contributed by atoms with Crippen molar-refractivity contribution in [2.75, 3.05) is 0 Å². The van der Waals surface area contributed by atoms with Crippen LogP contribution in [0.4, 0.5) is 0 Å². The molecule has 0 aromatic heterocycles. The maximum absolute atomic E-state index is 11.5. The molecule has 0 bridgehead atoms. The molecular formula is C14H26O2. The predicted molar refractivity (Wildman–Crippen MR) is 66.3 cm³/mol. The van der Waals surface area contributed by atoms with Crippen LogP contribution < -0.4 is 0 Å². The van der Waals surface area contributed by atoms with Crippen LogP contribution in [-0.2, 0) is 4.79 Å². The molecule has 2 nitrogen and oxygen atoms in total. The molecule has 0 heterocycles. The van der Waals surface area contributed by atoms with E-state index in [1.807, 2.05) is 0 Å². The zero-order valence-corrected chi connectivity index (χ0v) is 10.6. The molecule has 0 amide bonds. The standard InChI is InChI=1S/C14H26O2/c1-2-3-4-5-6-7-8-9-13(15)14(16)12-10-11-12/h12,14,16H,2-11H2,1H3. The molecule has 1 saturated carbocycles. The van der Waals surface area contributed by atoms with Crippen molar-refractivity contribution in [2.24, 2.45) is 5.92 Å². The van der Waals surface area contributed by atoms with Gasteiger partial charge in [-0.15, -0.1) is 0 Å². The highest BCUT2D eigenvalue weighted by molar-refractivity contribution is 5.83. The van der Waals surface area contributed by atoms with Crippen molar-refractivity contribution in [2.45, 2.75) is 77.2 Å². The molecular weight excluding hydrogens is 200 g/mol. The van der Waals surface area contributed by atoms with E-state index in [4.69, 9.17) is 0 Å². The lowest BCUT2D eigenvalue weighted by Gasteiger charge is -2.07. The van der Waals surface area contributed by atoms with E-state index in [9.17, 15) is 9.90 Å². The summed E-state index contributed by atoms with van der Waals surface area (Å²) in [5.74, 6) is 0.383. The predicted octanol–water partition coefficient (Wildman–Crippen LogP) is 3.47. The first-order chi connectivity index (χ1) is 7.75. The minimum absolute atomic E-state index is 0.0797. The van der Waals surface area contributed by atoms with Crippen LogP contribution in [0, 0.1) is 5.92 Å². The van der Waals surface area contributed by atoms with Gasteiger partial charge in [0, 0.05) is 6.42 Å². The third kappa shape index (κ3) is 5.64. The fourth-order valence-corrected chi connectivity index (χ4v) is 2.08. The van der Waals surface area contributed by atoms with Crippen LogP contribution in [0.25, 0.3) is 0 Å². The Balaban J connectivity index is 1.88. The SMILES string of the molecule is CCCCCCCCCC(=O)C(O)C1CC1. The van der Waals surface area contributed by atoms with Gasteiger partial charge in [-0.1, -0.05) is 45.4 Å². The molecule has 2 heteroatoms. The Morgan fingerprint density at radius 1 is 1.12 bits per heavy atom. The van der Waals surface area contributed by atoms with Gasteiger partial charge in [0.25, 0.3) is 0 Å². The molecule has 16 heavy (non-hydrogen) atoms. The van der Waals surface area contributed by atoms with E-state index < -0.39 is 6.10 Å². The van der Waals surface area contributed by atoms with Gasteiger partial charge in [-0.3, -0.25) is 4.79 Å². The topological polar surface area (TPSA) is 37.3 Å². The van der Waals surface area contributed by atoms with Gasteiger partial charge in [0.15, 0.2) is 5.78 Å². The number of hydrogen-bond acceptors (Lipinski definition) is 2. The highest BCUT2D eigenvalue weighted by Crippen LogP contribution is 2.33. The molecule has 0 radical (unpaired) electrons. The minimum Gasteiger partial charge on any atom is -0.385 e. The number of aliphatic hydroxyl groups is 1. The van der Waals surface area contributed by atoms with Crippen molar-refractivity contribution < 1.29 is 9.90 Å². The molecule has 1 rings (SSSR count). The molecule has 0 aromatic rings. The summed E-state index contributed by atoms with van der Waals surface area (Å²) in [6.07, 6.45) is 10.6. The number of aliphatic hydroxyl groups excluding tert-OH is 1. The third-order valence-electron chi connectivity index (χ3n) is 3.43. The number of unbranched alkanes of at least 4 members (excludes halogenated alkanes) is 6. The van der Waals surface area contributed by atoms with Crippen molar-refractivity contribution in [1.29, 1.82) is 0 Å². The summed E-state index contributed by atoms with van der Waals surface area (Å²) in [5.41, 5.74) is 0. The van der Waals surface area contributed by atoms with E-state index in [-0.39, 0.29) is 5.78 Å². The fraction of sp³-hybridized carbons (Fsp3) is 0.929. The molecule has 1 atom stereocenters. The number of carbonyl (C=O) groups excluding carboxylic acids is 1. The van der Waals surface area contributed by atoms with E-state index in [1.54, 1.807) is 0 Å². The van der Waals surface area contributed by atoms with Crippen LogP contribution in [0.2, 0.25) is 0 Å². The first-order valence-electron chi connectivity index (χ1n) is 6.96. The second-order valence-electron chi connectivity index (χ2n) is 5.12. The van der Waals surface area contributed by atoms with Gasteiger partial charge >= 0.3 is 0 Å². The molecule has 1 aliphatic rings. The monoisotopic (exact) mass is 226 g/mol. The number of rotatable bonds is 10. The zero-order chi connectivity index (χ0) is 11.8. The van der Waals surface area contributed by atoms with Gasteiger partial charge in [0.2, 0.25) is 0 Å². The minimum atomic E-state index is -0.639. The average Bonchev–Trinajstić information content (AvgIpc) is 3.10. The van der Waals surface area contributed by atoms with Gasteiger partial charge in [-0.25, -0.2) is 0 Å². The molecule has 0 saturated heterocycles. The smallest absolute Gasteiger partial charge is 0.161 e. The van der Waals surface area contributed by atoms with Gasteiger partial charge in [-0.2, -0.15) is 0 Å². The summed E-state index contributed by atoms with van der Waals surface area (Å²) in [6, 6.07) is 0. The molecule has 1 aliphatic carbocycles. The van der Waals surface area contributed by atoms with E-state index in [0.717, 1.165) is 25.7 Å². The van der Waals surface area contributed by atoms with Gasteiger partial charge in [0.05, 0.1) is 0 Å². The quantitative estimate of drug-likeness (QED) is 0.579. The number of hydrogen-bond donors (Lipinski definition) is 1. The van der Waals surface area contributed by atoms with E-state index in [2.05, 4.69) is 6.92 Å². The van der Waals surface area contributed by atoms with Crippen LogP contribution >= 0.6 is 0 Å². The highest BCUT2D eigenvalue weighted by Gasteiger charge is 2.33. The second-order valence-corrected chi connectivity index (χ2v) is 5.12. The van der Waals surface area contributed by atoms with Gasteiger partial charge in [0.1, 0.15) is 6.10 Å². The van der Waals surface area contributed by atoms with Crippen molar-refractivity contribution in [3.05, 3.63) is 0 Å². The van der Waals surface area contributed by atoms with Crippen molar-refractivity contribution >= 4 is 5.78 Å². The van der Waals surface area contributed by atoms with E-state index >= 15 is 0 Å². The average molecular weight is 226 g/mol. The Labute approximate surface area is 99.4 Å². The molecule has 94 valence electrons. The van der Waals surface area contributed by atoms with E-state index in [1.165, 1.54) is 32.1 Å². The summed E-state index contributed by atoms with van der Waals surface area (Å²) in [5, 5.41) is 9.58. The Morgan fingerprint density at radius 3 is 2.25 bits per heavy atom. The largest absolute Gasteiger partial charge is 0.385 e.